The molecule has 0 unspecified atom stereocenters. The van der Waals surface area contributed by atoms with E-state index < -0.39 is 5.97 Å². The predicted molar refractivity (Wildman–Crippen MR) is 61.5 cm³/mol. The zero-order valence-corrected chi connectivity index (χ0v) is 9.28. The molecule has 0 radical (unpaired) electrons. The third kappa shape index (κ3) is 1.73. The summed E-state index contributed by atoms with van der Waals surface area (Å²) in [6.45, 7) is 0. The highest BCUT2D eigenvalue weighted by Crippen LogP contribution is 2.11. The van der Waals surface area contributed by atoms with Crippen molar-refractivity contribution in [3.63, 3.8) is 0 Å². The first-order valence-electron chi connectivity index (χ1n) is 5.33. The predicted octanol–water partition coefficient (Wildman–Crippen LogP) is 1.61. The maximum Gasteiger partial charge on any atom is 0.335 e. The van der Waals surface area contributed by atoms with Crippen molar-refractivity contribution in [3.05, 3.63) is 53.9 Å². The quantitative estimate of drug-likeness (QED) is 0.755. The highest BCUT2D eigenvalue weighted by Gasteiger charge is 2.10. The minimum atomic E-state index is -0.979. The second-order valence-corrected chi connectivity index (χ2v) is 3.82. The van der Waals surface area contributed by atoms with Gasteiger partial charge in [-0.2, -0.15) is 0 Å². The van der Waals surface area contributed by atoms with Gasteiger partial charge < -0.3 is 9.52 Å². The first-order valence-corrected chi connectivity index (χ1v) is 5.33. The Morgan fingerprint density at radius 3 is 3.00 bits per heavy atom. The van der Waals surface area contributed by atoms with Gasteiger partial charge in [0.15, 0.2) is 5.65 Å². The van der Waals surface area contributed by atoms with Crippen molar-refractivity contribution >= 4 is 11.6 Å². The third-order valence-electron chi connectivity index (χ3n) is 2.64. The molecule has 90 valence electrons. The van der Waals surface area contributed by atoms with Gasteiger partial charge in [0.05, 0.1) is 18.2 Å². The van der Waals surface area contributed by atoms with E-state index in [1.165, 1.54) is 12.1 Å². The van der Waals surface area contributed by atoms with Crippen molar-refractivity contribution in [3.8, 4) is 0 Å². The van der Waals surface area contributed by atoms with Crippen LogP contribution in [-0.2, 0) is 6.42 Å². The summed E-state index contributed by atoms with van der Waals surface area (Å²) in [4.78, 5) is 10.8. The molecule has 3 heterocycles. The Morgan fingerprint density at radius 2 is 2.28 bits per heavy atom. The largest absolute Gasteiger partial charge is 0.478 e. The Balaban J connectivity index is 2.02. The Bertz CT molecular complexity index is 701. The van der Waals surface area contributed by atoms with Crippen molar-refractivity contribution < 1.29 is 14.3 Å². The van der Waals surface area contributed by atoms with Gasteiger partial charge in [0, 0.05) is 6.20 Å². The van der Waals surface area contributed by atoms with Crippen LogP contribution in [0.5, 0.6) is 0 Å². The third-order valence-corrected chi connectivity index (χ3v) is 2.64. The van der Waals surface area contributed by atoms with Crippen molar-refractivity contribution in [2.24, 2.45) is 0 Å². The minimum absolute atomic E-state index is 0.194. The lowest BCUT2D eigenvalue weighted by molar-refractivity contribution is 0.0697. The molecule has 0 aliphatic heterocycles. The molecule has 6 nitrogen and oxygen atoms in total. The van der Waals surface area contributed by atoms with Gasteiger partial charge in [0.2, 0.25) is 0 Å². The Labute approximate surface area is 101 Å². The Kier molecular flexibility index (Phi) is 2.33. The highest BCUT2D eigenvalue weighted by molar-refractivity contribution is 5.88. The monoisotopic (exact) mass is 243 g/mol. The number of pyridine rings is 1. The molecule has 3 rings (SSSR count). The molecular weight excluding hydrogens is 234 g/mol. The lowest BCUT2D eigenvalue weighted by Crippen LogP contribution is -1.99. The van der Waals surface area contributed by atoms with E-state index in [0.717, 1.165) is 5.76 Å². The molecule has 1 N–H and O–H groups in total. The Morgan fingerprint density at radius 1 is 1.39 bits per heavy atom. The van der Waals surface area contributed by atoms with Gasteiger partial charge in [-0.1, -0.05) is 0 Å². The van der Waals surface area contributed by atoms with Gasteiger partial charge >= 0.3 is 5.97 Å². The van der Waals surface area contributed by atoms with Crippen molar-refractivity contribution in [2.75, 3.05) is 0 Å². The molecule has 3 aromatic rings. The smallest absolute Gasteiger partial charge is 0.335 e. The maximum atomic E-state index is 10.8. The SMILES string of the molecule is O=C(O)c1ccn2c(Cc3ccco3)nnc2c1. The van der Waals surface area contributed by atoms with Gasteiger partial charge in [0.25, 0.3) is 0 Å². The number of hydrogen-bond donors (Lipinski definition) is 1. The van der Waals surface area contributed by atoms with Crippen molar-refractivity contribution in [1.29, 1.82) is 0 Å². The van der Waals surface area contributed by atoms with Crippen molar-refractivity contribution in [1.82, 2.24) is 14.6 Å². The zero-order chi connectivity index (χ0) is 12.5. The van der Waals surface area contributed by atoms with Crippen LogP contribution < -0.4 is 0 Å². The molecule has 6 heteroatoms. The standard InChI is InChI=1S/C12H9N3O3/c16-12(17)8-3-4-15-10(6-8)13-14-11(15)7-9-2-1-5-18-9/h1-6H,7H2,(H,16,17). The molecule has 0 saturated carbocycles. The summed E-state index contributed by atoms with van der Waals surface area (Å²) in [7, 11) is 0. The van der Waals surface area contributed by atoms with Gasteiger partial charge in [-0.15, -0.1) is 10.2 Å². The molecule has 18 heavy (non-hydrogen) atoms. The minimum Gasteiger partial charge on any atom is -0.478 e. The van der Waals surface area contributed by atoms with E-state index in [2.05, 4.69) is 10.2 Å². The van der Waals surface area contributed by atoms with E-state index in [1.807, 2.05) is 6.07 Å². The van der Waals surface area contributed by atoms with Gasteiger partial charge in [-0.05, 0) is 24.3 Å². The summed E-state index contributed by atoms with van der Waals surface area (Å²) in [6, 6.07) is 6.67. The molecule has 0 bridgehead atoms. The average Bonchev–Trinajstić information content (AvgIpc) is 2.99. The Hall–Kier alpha value is -2.63. The fraction of sp³-hybridized carbons (Fsp3) is 0.0833. The molecule has 0 aliphatic carbocycles. The topological polar surface area (TPSA) is 80.6 Å². The first-order chi connectivity index (χ1) is 8.74. The molecule has 0 spiro atoms. The molecule has 0 amide bonds. The number of carboxylic acid groups (broad SMARTS) is 1. The first kappa shape index (κ1) is 10.5. The maximum absolute atomic E-state index is 10.8. The molecule has 0 saturated heterocycles. The number of carboxylic acids is 1. The second kappa shape index (κ2) is 3.99. The number of hydrogen-bond acceptors (Lipinski definition) is 4. The summed E-state index contributed by atoms with van der Waals surface area (Å²) in [5, 5.41) is 16.9. The van der Waals surface area contributed by atoms with Crippen LogP contribution in [0.25, 0.3) is 5.65 Å². The van der Waals surface area contributed by atoms with E-state index in [4.69, 9.17) is 9.52 Å². The van der Waals surface area contributed by atoms with E-state index >= 15 is 0 Å². The molecular formula is C12H9N3O3. The average molecular weight is 243 g/mol. The summed E-state index contributed by atoms with van der Waals surface area (Å²) in [5.74, 6) is 0.511. The molecule has 0 fully saturated rings. The number of fused-ring (bicyclic) bond motifs is 1. The lowest BCUT2D eigenvalue weighted by atomic mass is 10.2. The second-order valence-electron chi connectivity index (χ2n) is 3.82. The normalized spacial score (nSPS) is 10.9. The fourth-order valence-electron chi connectivity index (χ4n) is 1.76. The van der Waals surface area contributed by atoms with Crippen LogP contribution in [0.15, 0.2) is 41.1 Å². The summed E-state index contributed by atoms with van der Waals surface area (Å²) < 4.78 is 6.99. The highest BCUT2D eigenvalue weighted by atomic mass is 16.4. The van der Waals surface area contributed by atoms with Gasteiger partial charge in [-0.3, -0.25) is 4.40 Å². The van der Waals surface area contributed by atoms with E-state index in [0.29, 0.717) is 17.9 Å². The fourth-order valence-corrected chi connectivity index (χ4v) is 1.76. The van der Waals surface area contributed by atoms with Gasteiger partial charge in [-0.25, -0.2) is 4.79 Å². The molecule has 0 aromatic carbocycles. The van der Waals surface area contributed by atoms with Crippen LogP contribution in [-0.4, -0.2) is 25.7 Å². The molecule has 3 aromatic heterocycles. The number of furan rings is 1. The van der Waals surface area contributed by atoms with Crippen LogP contribution in [0, 0.1) is 0 Å². The van der Waals surface area contributed by atoms with Crippen LogP contribution in [0.3, 0.4) is 0 Å². The van der Waals surface area contributed by atoms with Crippen molar-refractivity contribution in [2.45, 2.75) is 6.42 Å². The molecule has 0 atom stereocenters. The summed E-state index contributed by atoms with van der Waals surface area (Å²) in [6.07, 6.45) is 3.76. The molecule has 0 aliphatic rings. The van der Waals surface area contributed by atoms with Crippen LogP contribution in [0.2, 0.25) is 0 Å². The number of rotatable bonds is 3. The van der Waals surface area contributed by atoms with E-state index in [9.17, 15) is 4.79 Å². The van der Waals surface area contributed by atoms with E-state index in [1.54, 1.807) is 22.9 Å². The van der Waals surface area contributed by atoms with E-state index in [-0.39, 0.29) is 5.56 Å². The summed E-state index contributed by atoms with van der Waals surface area (Å²) in [5.41, 5.74) is 0.705. The van der Waals surface area contributed by atoms with Gasteiger partial charge in [0.1, 0.15) is 11.6 Å². The number of carbonyl (C=O) groups is 1. The number of nitrogens with zero attached hydrogens (tertiary/aromatic N) is 3. The zero-order valence-electron chi connectivity index (χ0n) is 9.28. The van der Waals surface area contributed by atoms with Crippen LogP contribution in [0.4, 0.5) is 0 Å². The number of aromatic carboxylic acids is 1. The lowest BCUT2D eigenvalue weighted by Gasteiger charge is -1.98. The van der Waals surface area contributed by atoms with Crippen LogP contribution >= 0.6 is 0 Å². The summed E-state index contributed by atoms with van der Waals surface area (Å²) >= 11 is 0. The van der Waals surface area contributed by atoms with Crippen LogP contribution in [0.1, 0.15) is 21.9 Å². The number of aromatic nitrogens is 3.